The van der Waals surface area contributed by atoms with Crippen LogP contribution in [0, 0.1) is 23.2 Å². The molecule has 6 rings (SSSR count). The maximum atomic E-state index is 12.9. The predicted molar refractivity (Wildman–Crippen MR) is 117 cm³/mol. The van der Waals surface area contributed by atoms with Crippen LogP contribution in [0.5, 0.6) is 0 Å². The molecule has 2 aromatic rings. The molecule has 30 heavy (non-hydrogen) atoms. The van der Waals surface area contributed by atoms with Crippen LogP contribution in [0.1, 0.15) is 54.4 Å². The van der Waals surface area contributed by atoms with Crippen LogP contribution < -0.4 is 5.32 Å². The Morgan fingerprint density at radius 1 is 0.900 bits per heavy atom. The van der Waals surface area contributed by atoms with Crippen molar-refractivity contribution >= 4 is 15.7 Å². The van der Waals surface area contributed by atoms with Crippen molar-refractivity contribution in [2.75, 3.05) is 6.54 Å². The SMILES string of the molecule is O=C(NCC12CC3CC(CC(C3)C1)C2)c1cccc(CS(=O)(=O)c2ccccc2)c1. The van der Waals surface area contributed by atoms with E-state index in [0.717, 1.165) is 24.3 Å². The van der Waals surface area contributed by atoms with Crippen molar-refractivity contribution in [3.05, 3.63) is 65.7 Å². The molecule has 4 saturated carbocycles. The van der Waals surface area contributed by atoms with E-state index in [4.69, 9.17) is 0 Å². The van der Waals surface area contributed by atoms with E-state index >= 15 is 0 Å². The molecule has 4 bridgehead atoms. The van der Waals surface area contributed by atoms with Crippen LogP contribution >= 0.6 is 0 Å². The van der Waals surface area contributed by atoms with Gasteiger partial charge in [-0.1, -0.05) is 30.3 Å². The normalized spacial score (nSPS) is 29.7. The minimum Gasteiger partial charge on any atom is -0.351 e. The molecule has 158 valence electrons. The molecule has 0 radical (unpaired) electrons. The highest BCUT2D eigenvalue weighted by atomic mass is 32.2. The van der Waals surface area contributed by atoms with Crippen molar-refractivity contribution in [2.24, 2.45) is 23.2 Å². The largest absolute Gasteiger partial charge is 0.351 e. The van der Waals surface area contributed by atoms with E-state index in [9.17, 15) is 13.2 Å². The van der Waals surface area contributed by atoms with Gasteiger partial charge in [0.25, 0.3) is 5.91 Å². The fourth-order valence-electron chi connectivity index (χ4n) is 6.61. The van der Waals surface area contributed by atoms with Gasteiger partial charge in [0.05, 0.1) is 10.6 Å². The number of sulfone groups is 1. The Morgan fingerprint density at radius 2 is 1.53 bits per heavy atom. The monoisotopic (exact) mass is 423 g/mol. The molecule has 0 heterocycles. The van der Waals surface area contributed by atoms with E-state index in [1.54, 1.807) is 54.6 Å². The molecule has 0 aliphatic heterocycles. The zero-order valence-corrected chi connectivity index (χ0v) is 18.0. The minimum absolute atomic E-state index is 0.0929. The van der Waals surface area contributed by atoms with Crippen LogP contribution in [0.25, 0.3) is 0 Å². The summed E-state index contributed by atoms with van der Waals surface area (Å²) < 4.78 is 25.3. The Kier molecular flexibility index (Phi) is 4.97. The highest BCUT2D eigenvalue weighted by Crippen LogP contribution is 2.59. The molecule has 1 N–H and O–H groups in total. The molecule has 0 unspecified atom stereocenters. The van der Waals surface area contributed by atoms with E-state index < -0.39 is 9.84 Å². The van der Waals surface area contributed by atoms with Gasteiger partial charge in [0.15, 0.2) is 9.84 Å². The van der Waals surface area contributed by atoms with Crippen LogP contribution in [0.3, 0.4) is 0 Å². The molecule has 4 aliphatic carbocycles. The lowest BCUT2D eigenvalue weighted by atomic mass is 9.49. The topological polar surface area (TPSA) is 63.2 Å². The Labute approximate surface area is 179 Å². The van der Waals surface area contributed by atoms with Gasteiger partial charge in [-0.05, 0) is 91.5 Å². The number of benzene rings is 2. The summed E-state index contributed by atoms with van der Waals surface area (Å²) in [5, 5.41) is 3.19. The first-order valence-electron chi connectivity index (χ1n) is 11.1. The Morgan fingerprint density at radius 3 is 2.17 bits per heavy atom. The fourth-order valence-corrected chi connectivity index (χ4v) is 7.97. The van der Waals surface area contributed by atoms with Crippen LogP contribution in [0.2, 0.25) is 0 Å². The summed E-state index contributed by atoms with van der Waals surface area (Å²) in [7, 11) is -3.43. The third kappa shape index (κ3) is 3.92. The van der Waals surface area contributed by atoms with Gasteiger partial charge in [-0.25, -0.2) is 8.42 Å². The summed E-state index contributed by atoms with van der Waals surface area (Å²) in [4.78, 5) is 13.2. The zero-order valence-electron chi connectivity index (χ0n) is 17.2. The number of carbonyl (C=O) groups excluding carboxylic acids is 1. The van der Waals surface area contributed by atoms with Gasteiger partial charge in [0.1, 0.15) is 0 Å². The Bertz CT molecular complexity index is 1010. The van der Waals surface area contributed by atoms with Gasteiger partial charge in [-0.2, -0.15) is 0 Å². The maximum Gasteiger partial charge on any atom is 0.251 e. The first-order valence-corrected chi connectivity index (χ1v) is 12.7. The average Bonchev–Trinajstić information content (AvgIpc) is 2.72. The smallest absolute Gasteiger partial charge is 0.251 e. The van der Waals surface area contributed by atoms with Gasteiger partial charge < -0.3 is 5.32 Å². The lowest BCUT2D eigenvalue weighted by molar-refractivity contribution is -0.0503. The quantitative estimate of drug-likeness (QED) is 0.738. The molecular weight excluding hydrogens is 394 g/mol. The molecule has 4 fully saturated rings. The summed E-state index contributed by atoms with van der Waals surface area (Å²) in [6, 6.07) is 15.5. The number of amides is 1. The molecule has 0 spiro atoms. The first kappa shape index (κ1) is 19.8. The molecule has 0 aromatic heterocycles. The first-order chi connectivity index (χ1) is 14.4. The summed E-state index contributed by atoms with van der Waals surface area (Å²) in [5.74, 6) is 2.39. The molecule has 4 nitrogen and oxygen atoms in total. The van der Waals surface area contributed by atoms with Crippen LogP contribution in [0.4, 0.5) is 0 Å². The number of nitrogens with one attached hydrogen (secondary N) is 1. The number of hydrogen-bond donors (Lipinski definition) is 1. The third-order valence-corrected chi connectivity index (χ3v) is 9.14. The van der Waals surface area contributed by atoms with Crippen LogP contribution in [0.15, 0.2) is 59.5 Å². The zero-order chi connectivity index (χ0) is 20.8. The molecule has 5 heteroatoms. The number of rotatable bonds is 6. The van der Waals surface area contributed by atoms with Gasteiger partial charge in [0.2, 0.25) is 0 Å². The molecule has 0 atom stereocenters. The maximum absolute atomic E-state index is 12.9. The highest BCUT2D eigenvalue weighted by Gasteiger charge is 2.50. The summed E-state index contributed by atoms with van der Waals surface area (Å²) in [6.45, 7) is 0.752. The van der Waals surface area contributed by atoms with Gasteiger partial charge in [0, 0.05) is 12.1 Å². The lowest BCUT2D eigenvalue weighted by Gasteiger charge is -2.56. The molecule has 2 aromatic carbocycles. The standard InChI is InChI=1S/C25H29NO3S/c27-24(26-17-25-13-19-9-20(14-25)11-21(10-19)15-25)22-6-4-5-18(12-22)16-30(28,29)23-7-2-1-3-8-23/h1-8,12,19-21H,9-11,13-17H2,(H,26,27). The van der Waals surface area contributed by atoms with E-state index in [1.165, 1.54) is 38.5 Å². The second-order valence-electron chi connectivity index (χ2n) is 9.87. The van der Waals surface area contributed by atoms with Crippen molar-refractivity contribution in [1.29, 1.82) is 0 Å². The van der Waals surface area contributed by atoms with Crippen molar-refractivity contribution < 1.29 is 13.2 Å². The lowest BCUT2D eigenvalue weighted by Crippen LogP contribution is -2.51. The fraction of sp³-hybridized carbons (Fsp3) is 0.480. The number of hydrogen-bond acceptors (Lipinski definition) is 3. The van der Waals surface area contributed by atoms with E-state index in [-0.39, 0.29) is 11.7 Å². The number of carbonyl (C=O) groups is 1. The van der Waals surface area contributed by atoms with Crippen molar-refractivity contribution in [3.63, 3.8) is 0 Å². The van der Waals surface area contributed by atoms with E-state index in [0.29, 0.717) is 21.4 Å². The van der Waals surface area contributed by atoms with E-state index in [2.05, 4.69) is 5.32 Å². The predicted octanol–water partition coefficient (Wildman–Crippen LogP) is 4.61. The van der Waals surface area contributed by atoms with Crippen molar-refractivity contribution in [3.8, 4) is 0 Å². The van der Waals surface area contributed by atoms with Crippen LogP contribution in [-0.2, 0) is 15.6 Å². The van der Waals surface area contributed by atoms with Crippen molar-refractivity contribution in [1.82, 2.24) is 5.32 Å². The molecular formula is C25H29NO3S. The molecule has 1 amide bonds. The van der Waals surface area contributed by atoms with Gasteiger partial charge in [-0.3, -0.25) is 4.79 Å². The van der Waals surface area contributed by atoms with E-state index in [1.807, 2.05) is 0 Å². The second-order valence-corrected chi connectivity index (χ2v) is 11.9. The Balaban J connectivity index is 1.26. The van der Waals surface area contributed by atoms with Crippen LogP contribution in [-0.4, -0.2) is 20.9 Å². The summed E-state index contributed by atoms with van der Waals surface area (Å²) in [5.41, 5.74) is 1.47. The summed E-state index contributed by atoms with van der Waals surface area (Å²) >= 11 is 0. The van der Waals surface area contributed by atoms with Crippen molar-refractivity contribution in [2.45, 2.75) is 49.2 Å². The highest BCUT2D eigenvalue weighted by molar-refractivity contribution is 7.90. The minimum atomic E-state index is -3.43. The van der Waals surface area contributed by atoms with Gasteiger partial charge in [-0.15, -0.1) is 0 Å². The average molecular weight is 424 g/mol. The van der Waals surface area contributed by atoms with Gasteiger partial charge >= 0.3 is 0 Å². The third-order valence-electron chi connectivity index (χ3n) is 7.44. The second kappa shape index (κ2) is 7.52. The molecule has 4 aliphatic rings. The molecule has 0 saturated heterocycles. The Hall–Kier alpha value is -2.14. The summed E-state index contributed by atoms with van der Waals surface area (Å²) in [6.07, 6.45) is 7.96.